The van der Waals surface area contributed by atoms with E-state index in [0.717, 1.165) is 5.56 Å². The largest absolute Gasteiger partial charge is 0.426 e. The summed E-state index contributed by atoms with van der Waals surface area (Å²) in [6.07, 6.45) is 6.48. The van der Waals surface area contributed by atoms with E-state index in [2.05, 4.69) is 9.97 Å². The summed E-state index contributed by atoms with van der Waals surface area (Å²) >= 11 is 0. The summed E-state index contributed by atoms with van der Waals surface area (Å²) in [5, 5.41) is 0. The Bertz CT molecular complexity index is 485. The zero-order valence-electron chi connectivity index (χ0n) is 9.41. The molecule has 0 aromatic carbocycles. The van der Waals surface area contributed by atoms with Gasteiger partial charge in [0.2, 0.25) is 0 Å². The summed E-state index contributed by atoms with van der Waals surface area (Å²) in [4.78, 5) is 19.6. The van der Waals surface area contributed by atoms with Gasteiger partial charge in [0.1, 0.15) is 5.75 Å². The Morgan fingerprint density at radius 1 is 1.06 bits per heavy atom. The SMILES string of the molecule is CC(C(=O)Oc1ccncc1)c1ccncc1. The molecule has 0 aliphatic rings. The summed E-state index contributed by atoms with van der Waals surface area (Å²) in [5.41, 5.74) is 0.888. The third-order valence-electron chi connectivity index (χ3n) is 2.43. The highest BCUT2D eigenvalue weighted by molar-refractivity contribution is 5.79. The van der Waals surface area contributed by atoms with Gasteiger partial charge in [-0.05, 0) is 36.8 Å². The molecule has 4 heteroatoms. The Labute approximate surface area is 99.3 Å². The van der Waals surface area contributed by atoms with Crippen molar-refractivity contribution in [2.45, 2.75) is 12.8 Å². The van der Waals surface area contributed by atoms with Crippen LogP contribution in [0.15, 0.2) is 49.1 Å². The van der Waals surface area contributed by atoms with E-state index in [1.165, 1.54) is 0 Å². The third-order valence-corrected chi connectivity index (χ3v) is 2.43. The summed E-state index contributed by atoms with van der Waals surface area (Å²) in [6, 6.07) is 6.91. The fourth-order valence-corrected chi connectivity index (χ4v) is 1.40. The van der Waals surface area contributed by atoms with Crippen LogP contribution < -0.4 is 4.74 Å². The van der Waals surface area contributed by atoms with Crippen LogP contribution in [0.1, 0.15) is 18.4 Å². The van der Waals surface area contributed by atoms with Gasteiger partial charge >= 0.3 is 5.97 Å². The average molecular weight is 228 g/mol. The van der Waals surface area contributed by atoms with Gasteiger partial charge in [-0.3, -0.25) is 14.8 Å². The first-order chi connectivity index (χ1) is 8.27. The van der Waals surface area contributed by atoms with Gasteiger partial charge < -0.3 is 4.74 Å². The number of aromatic nitrogens is 2. The number of hydrogen-bond donors (Lipinski definition) is 0. The lowest BCUT2D eigenvalue weighted by Gasteiger charge is -2.10. The van der Waals surface area contributed by atoms with E-state index in [9.17, 15) is 4.79 Å². The van der Waals surface area contributed by atoms with E-state index in [1.807, 2.05) is 0 Å². The lowest BCUT2D eigenvalue weighted by molar-refractivity contribution is -0.135. The second-order valence-electron chi connectivity index (χ2n) is 3.61. The van der Waals surface area contributed by atoms with E-state index in [4.69, 9.17) is 4.74 Å². The summed E-state index contributed by atoms with van der Waals surface area (Å²) in [7, 11) is 0. The molecule has 2 aromatic rings. The van der Waals surface area contributed by atoms with Crippen molar-refractivity contribution < 1.29 is 9.53 Å². The van der Waals surface area contributed by atoms with Crippen LogP contribution in [0.4, 0.5) is 0 Å². The molecule has 86 valence electrons. The maximum Gasteiger partial charge on any atom is 0.318 e. The van der Waals surface area contributed by atoms with Crippen molar-refractivity contribution in [1.29, 1.82) is 0 Å². The van der Waals surface area contributed by atoms with E-state index in [-0.39, 0.29) is 11.9 Å². The van der Waals surface area contributed by atoms with Crippen LogP contribution in [0.5, 0.6) is 5.75 Å². The normalized spacial score (nSPS) is 11.8. The molecule has 0 spiro atoms. The van der Waals surface area contributed by atoms with Crippen LogP contribution in [0.25, 0.3) is 0 Å². The van der Waals surface area contributed by atoms with Crippen molar-refractivity contribution >= 4 is 5.97 Å². The fraction of sp³-hybridized carbons (Fsp3) is 0.154. The zero-order chi connectivity index (χ0) is 12.1. The molecule has 0 saturated heterocycles. The van der Waals surface area contributed by atoms with E-state index in [0.29, 0.717) is 5.75 Å². The van der Waals surface area contributed by atoms with Crippen LogP contribution in [-0.2, 0) is 4.79 Å². The number of pyridine rings is 2. The Kier molecular flexibility index (Phi) is 3.45. The Hall–Kier alpha value is -2.23. The molecule has 4 nitrogen and oxygen atoms in total. The van der Waals surface area contributed by atoms with E-state index < -0.39 is 0 Å². The van der Waals surface area contributed by atoms with Gasteiger partial charge in [-0.2, -0.15) is 0 Å². The monoisotopic (exact) mass is 228 g/mol. The first kappa shape index (κ1) is 11.3. The van der Waals surface area contributed by atoms with Crippen molar-refractivity contribution in [1.82, 2.24) is 9.97 Å². The standard InChI is InChI=1S/C13H12N2O2/c1-10(11-2-6-14-7-3-11)13(16)17-12-4-8-15-9-5-12/h2-10H,1H3. The van der Waals surface area contributed by atoms with Gasteiger partial charge in [0.15, 0.2) is 0 Å². The van der Waals surface area contributed by atoms with Crippen molar-refractivity contribution in [2.24, 2.45) is 0 Å². The van der Waals surface area contributed by atoms with E-state index >= 15 is 0 Å². The second kappa shape index (κ2) is 5.21. The van der Waals surface area contributed by atoms with Crippen molar-refractivity contribution in [2.75, 3.05) is 0 Å². The molecule has 0 amide bonds. The molecule has 2 rings (SSSR count). The minimum Gasteiger partial charge on any atom is -0.426 e. The third kappa shape index (κ3) is 2.87. The molecule has 0 aliphatic heterocycles. The minimum atomic E-state index is -0.314. The number of carbonyl (C=O) groups excluding carboxylic acids is 1. The van der Waals surface area contributed by atoms with Gasteiger partial charge in [-0.25, -0.2) is 0 Å². The van der Waals surface area contributed by atoms with Crippen molar-refractivity contribution in [3.05, 3.63) is 54.6 Å². The molecular formula is C13H12N2O2. The number of esters is 1. The molecule has 1 unspecified atom stereocenters. The lowest BCUT2D eigenvalue weighted by Crippen LogP contribution is -2.16. The molecule has 0 bridgehead atoms. The Balaban J connectivity index is 2.06. The molecule has 0 N–H and O–H groups in total. The number of rotatable bonds is 3. The maximum absolute atomic E-state index is 11.8. The van der Waals surface area contributed by atoms with Crippen molar-refractivity contribution in [3.63, 3.8) is 0 Å². The van der Waals surface area contributed by atoms with Crippen LogP contribution in [-0.4, -0.2) is 15.9 Å². The van der Waals surface area contributed by atoms with Gasteiger partial charge in [0.05, 0.1) is 5.92 Å². The second-order valence-corrected chi connectivity index (χ2v) is 3.61. The summed E-state index contributed by atoms with van der Waals surface area (Å²) < 4.78 is 5.23. The highest BCUT2D eigenvalue weighted by atomic mass is 16.5. The summed E-state index contributed by atoms with van der Waals surface area (Å²) in [5.74, 6) is -0.0977. The summed E-state index contributed by atoms with van der Waals surface area (Å²) in [6.45, 7) is 1.80. The van der Waals surface area contributed by atoms with Gasteiger partial charge in [-0.1, -0.05) is 0 Å². The van der Waals surface area contributed by atoms with Crippen LogP contribution >= 0.6 is 0 Å². The topological polar surface area (TPSA) is 52.1 Å². The fourth-order valence-electron chi connectivity index (χ4n) is 1.40. The first-order valence-electron chi connectivity index (χ1n) is 5.29. The van der Waals surface area contributed by atoms with Crippen molar-refractivity contribution in [3.8, 4) is 5.75 Å². The van der Waals surface area contributed by atoms with E-state index in [1.54, 1.807) is 56.0 Å². The Morgan fingerprint density at radius 3 is 2.18 bits per heavy atom. The number of nitrogens with zero attached hydrogens (tertiary/aromatic N) is 2. The molecule has 2 heterocycles. The average Bonchev–Trinajstić information content (AvgIpc) is 2.40. The Morgan fingerprint density at radius 2 is 1.59 bits per heavy atom. The number of hydrogen-bond acceptors (Lipinski definition) is 4. The number of carbonyl (C=O) groups is 1. The molecule has 0 saturated carbocycles. The highest BCUT2D eigenvalue weighted by Crippen LogP contribution is 2.17. The predicted octanol–water partition coefficient (Wildman–Crippen LogP) is 2.19. The maximum atomic E-state index is 11.8. The van der Waals surface area contributed by atoms with Crippen LogP contribution in [0.3, 0.4) is 0 Å². The van der Waals surface area contributed by atoms with Gasteiger partial charge in [0.25, 0.3) is 0 Å². The zero-order valence-corrected chi connectivity index (χ0v) is 9.41. The molecular weight excluding hydrogens is 216 g/mol. The van der Waals surface area contributed by atoms with Crippen LogP contribution in [0, 0.1) is 0 Å². The molecule has 1 atom stereocenters. The molecule has 2 aromatic heterocycles. The molecule has 0 fully saturated rings. The quantitative estimate of drug-likeness (QED) is 0.755. The number of ether oxygens (including phenoxy) is 1. The minimum absolute atomic E-state index is 0.289. The lowest BCUT2D eigenvalue weighted by atomic mass is 10.0. The predicted molar refractivity (Wildman–Crippen MR) is 62.5 cm³/mol. The molecule has 0 aliphatic carbocycles. The van der Waals surface area contributed by atoms with Gasteiger partial charge in [0, 0.05) is 24.8 Å². The highest BCUT2D eigenvalue weighted by Gasteiger charge is 2.17. The smallest absolute Gasteiger partial charge is 0.318 e. The molecule has 0 radical (unpaired) electrons. The van der Waals surface area contributed by atoms with Crippen LogP contribution in [0.2, 0.25) is 0 Å². The molecule has 17 heavy (non-hydrogen) atoms. The first-order valence-corrected chi connectivity index (χ1v) is 5.29. The van der Waals surface area contributed by atoms with Gasteiger partial charge in [-0.15, -0.1) is 0 Å².